The summed E-state index contributed by atoms with van der Waals surface area (Å²) in [5, 5.41) is 0.913. The third-order valence-corrected chi connectivity index (χ3v) is 2.12. The highest BCUT2D eigenvalue weighted by Gasteiger charge is 2.05. The lowest BCUT2D eigenvalue weighted by atomic mass is 10.3. The minimum atomic E-state index is 0.335. The Balaban J connectivity index is 2.50. The molecular formula is C9H5Cl2N3. The molecule has 0 aliphatic heterocycles. The summed E-state index contributed by atoms with van der Waals surface area (Å²) in [5.74, 6) is 0. The van der Waals surface area contributed by atoms with Crippen molar-refractivity contribution in [1.29, 1.82) is 0 Å². The highest BCUT2D eigenvalue weighted by Crippen LogP contribution is 2.21. The minimum Gasteiger partial charge on any atom is -0.253 e. The average molecular weight is 226 g/mol. The minimum absolute atomic E-state index is 0.335. The second-order valence-electron chi connectivity index (χ2n) is 2.56. The van der Waals surface area contributed by atoms with Gasteiger partial charge in [-0.3, -0.25) is 4.98 Å². The summed E-state index contributed by atoms with van der Waals surface area (Å²) >= 11 is 11.6. The quantitative estimate of drug-likeness (QED) is 0.750. The SMILES string of the molecule is Clc1ccc(-c2nccnc2Cl)nc1. The van der Waals surface area contributed by atoms with Crippen LogP contribution in [-0.2, 0) is 0 Å². The zero-order valence-electron chi connectivity index (χ0n) is 6.98. The van der Waals surface area contributed by atoms with E-state index < -0.39 is 0 Å². The van der Waals surface area contributed by atoms with Crippen molar-refractivity contribution in [2.75, 3.05) is 0 Å². The molecule has 0 unspecified atom stereocenters. The maximum atomic E-state index is 5.85. The fourth-order valence-corrected chi connectivity index (χ4v) is 1.32. The Bertz CT molecular complexity index is 442. The molecule has 0 atom stereocenters. The lowest BCUT2D eigenvalue weighted by molar-refractivity contribution is 1.18. The lowest BCUT2D eigenvalue weighted by Gasteiger charge is -2.00. The van der Waals surface area contributed by atoms with Crippen LogP contribution in [0.3, 0.4) is 0 Å². The second kappa shape index (κ2) is 3.90. The maximum absolute atomic E-state index is 5.85. The van der Waals surface area contributed by atoms with Crippen LogP contribution in [0.5, 0.6) is 0 Å². The van der Waals surface area contributed by atoms with Crippen molar-refractivity contribution in [2.45, 2.75) is 0 Å². The number of halogens is 2. The summed E-state index contributed by atoms with van der Waals surface area (Å²) < 4.78 is 0. The first kappa shape index (κ1) is 9.37. The summed E-state index contributed by atoms with van der Waals surface area (Å²) in [6, 6.07) is 3.48. The van der Waals surface area contributed by atoms with Crippen molar-refractivity contribution in [1.82, 2.24) is 15.0 Å². The molecule has 0 spiro atoms. The van der Waals surface area contributed by atoms with Gasteiger partial charge in [0.25, 0.3) is 0 Å². The van der Waals surface area contributed by atoms with E-state index in [0.29, 0.717) is 21.6 Å². The van der Waals surface area contributed by atoms with Gasteiger partial charge in [-0.15, -0.1) is 0 Å². The van der Waals surface area contributed by atoms with Crippen LogP contribution in [0.2, 0.25) is 10.2 Å². The fraction of sp³-hybridized carbons (Fsp3) is 0. The van der Waals surface area contributed by atoms with Crippen molar-refractivity contribution in [3.63, 3.8) is 0 Å². The summed E-state index contributed by atoms with van der Waals surface area (Å²) in [7, 11) is 0. The normalized spacial score (nSPS) is 10.1. The molecule has 0 aromatic carbocycles. The van der Waals surface area contributed by atoms with Gasteiger partial charge >= 0.3 is 0 Å². The van der Waals surface area contributed by atoms with Crippen molar-refractivity contribution in [2.24, 2.45) is 0 Å². The Morgan fingerprint density at radius 1 is 0.929 bits per heavy atom. The van der Waals surface area contributed by atoms with Gasteiger partial charge in [0.2, 0.25) is 0 Å². The molecule has 70 valence electrons. The number of rotatable bonds is 1. The van der Waals surface area contributed by atoms with E-state index in [-0.39, 0.29) is 0 Å². The molecule has 0 aliphatic rings. The molecule has 2 heterocycles. The van der Waals surface area contributed by atoms with Crippen LogP contribution >= 0.6 is 23.2 Å². The van der Waals surface area contributed by atoms with Crippen LogP contribution in [0, 0.1) is 0 Å². The monoisotopic (exact) mass is 225 g/mol. The summed E-state index contributed by atoms with van der Waals surface area (Å²) in [5.41, 5.74) is 1.22. The van der Waals surface area contributed by atoms with Crippen LogP contribution in [-0.4, -0.2) is 15.0 Å². The molecule has 2 aromatic rings. The van der Waals surface area contributed by atoms with Crippen molar-refractivity contribution < 1.29 is 0 Å². The number of pyridine rings is 1. The van der Waals surface area contributed by atoms with E-state index in [2.05, 4.69) is 15.0 Å². The van der Waals surface area contributed by atoms with E-state index in [0.717, 1.165) is 0 Å². The van der Waals surface area contributed by atoms with Gasteiger partial charge in [0.1, 0.15) is 5.69 Å². The molecule has 0 N–H and O–H groups in total. The van der Waals surface area contributed by atoms with Crippen LogP contribution in [0.1, 0.15) is 0 Å². The van der Waals surface area contributed by atoms with Crippen LogP contribution in [0.15, 0.2) is 30.7 Å². The predicted molar refractivity (Wildman–Crippen MR) is 55.3 cm³/mol. The first-order valence-electron chi connectivity index (χ1n) is 3.86. The fourth-order valence-electron chi connectivity index (χ4n) is 1.01. The number of aromatic nitrogens is 3. The predicted octanol–water partition coefficient (Wildman–Crippen LogP) is 2.85. The molecule has 0 aliphatic carbocycles. The van der Waals surface area contributed by atoms with Gasteiger partial charge in [-0.05, 0) is 12.1 Å². The Hall–Kier alpha value is -1.19. The van der Waals surface area contributed by atoms with Gasteiger partial charge in [0.15, 0.2) is 5.15 Å². The Morgan fingerprint density at radius 3 is 2.36 bits per heavy atom. The maximum Gasteiger partial charge on any atom is 0.156 e. The summed E-state index contributed by atoms with van der Waals surface area (Å²) in [6.45, 7) is 0. The third-order valence-electron chi connectivity index (χ3n) is 1.62. The van der Waals surface area contributed by atoms with Crippen molar-refractivity contribution in [3.05, 3.63) is 40.9 Å². The molecule has 2 rings (SSSR count). The van der Waals surface area contributed by atoms with Gasteiger partial charge in [-0.1, -0.05) is 23.2 Å². The first-order valence-corrected chi connectivity index (χ1v) is 4.61. The standard InChI is InChI=1S/C9H5Cl2N3/c10-6-1-2-7(14-5-6)8-9(11)13-4-3-12-8/h1-5H. The van der Waals surface area contributed by atoms with E-state index in [9.17, 15) is 0 Å². The smallest absolute Gasteiger partial charge is 0.156 e. The number of hydrogen-bond donors (Lipinski definition) is 0. The van der Waals surface area contributed by atoms with E-state index in [4.69, 9.17) is 23.2 Å². The third kappa shape index (κ3) is 1.84. The molecule has 0 saturated carbocycles. The molecule has 0 fully saturated rings. The van der Waals surface area contributed by atoms with Crippen molar-refractivity contribution >= 4 is 23.2 Å². The van der Waals surface area contributed by atoms with Crippen LogP contribution < -0.4 is 0 Å². The van der Waals surface area contributed by atoms with Gasteiger partial charge in [-0.25, -0.2) is 9.97 Å². The van der Waals surface area contributed by atoms with Gasteiger partial charge < -0.3 is 0 Å². The zero-order valence-corrected chi connectivity index (χ0v) is 8.50. The van der Waals surface area contributed by atoms with E-state index in [1.807, 2.05) is 0 Å². The summed E-state index contributed by atoms with van der Waals surface area (Å²) in [4.78, 5) is 12.1. The summed E-state index contributed by atoms with van der Waals surface area (Å²) in [6.07, 6.45) is 4.64. The van der Waals surface area contributed by atoms with Crippen molar-refractivity contribution in [3.8, 4) is 11.4 Å². The molecule has 0 bridgehead atoms. The molecule has 5 heteroatoms. The molecule has 3 nitrogen and oxygen atoms in total. The largest absolute Gasteiger partial charge is 0.253 e. The molecule has 0 saturated heterocycles. The molecule has 0 radical (unpaired) electrons. The lowest BCUT2D eigenvalue weighted by Crippen LogP contribution is -1.89. The molecule has 0 amide bonds. The van der Waals surface area contributed by atoms with Gasteiger partial charge in [-0.2, -0.15) is 0 Å². The number of nitrogens with zero attached hydrogens (tertiary/aromatic N) is 3. The highest BCUT2D eigenvalue weighted by molar-refractivity contribution is 6.32. The Kier molecular flexibility index (Phi) is 2.61. The average Bonchev–Trinajstić information content (AvgIpc) is 2.20. The highest BCUT2D eigenvalue weighted by atomic mass is 35.5. The molecule has 2 aromatic heterocycles. The van der Waals surface area contributed by atoms with Gasteiger partial charge in [0, 0.05) is 18.6 Å². The zero-order chi connectivity index (χ0) is 9.97. The topological polar surface area (TPSA) is 38.7 Å². The molecule has 14 heavy (non-hydrogen) atoms. The van der Waals surface area contributed by atoms with Gasteiger partial charge in [0.05, 0.1) is 10.7 Å². The van der Waals surface area contributed by atoms with Crippen LogP contribution in [0.25, 0.3) is 11.4 Å². The Morgan fingerprint density at radius 2 is 1.71 bits per heavy atom. The van der Waals surface area contributed by atoms with Crippen LogP contribution in [0.4, 0.5) is 0 Å². The number of hydrogen-bond acceptors (Lipinski definition) is 3. The van der Waals surface area contributed by atoms with E-state index in [1.165, 1.54) is 6.20 Å². The first-order chi connectivity index (χ1) is 6.77. The van der Waals surface area contributed by atoms with E-state index >= 15 is 0 Å². The van der Waals surface area contributed by atoms with E-state index in [1.54, 1.807) is 24.5 Å². The molecular weight excluding hydrogens is 221 g/mol. The second-order valence-corrected chi connectivity index (χ2v) is 3.35. The Labute approximate surface area is 90.8 Å².